The monoisotopic (exact) mass is 450 g/mol. The third-order valence-electron chi connectivity index (χ3n) is 4.74. The lowest BCUT2D eigenvalue weighted by atomic mass is 10.2. The summed E-state index contributed by atoms with van der Waals surface area (Å²) in [5.41, 5.74) is 0.628. The summed E-state index contributed by atoms with van der Waals surface area (Å²) in [6.45, 7) is 1.11. The average Bonchev–Trinajstić information content (AvgIpc) is 3.43. The van der Waals surface area contributed by atoms with E-state index in [0.29, 0.717) is 40.2 Å². The largest absolute Gasteiger partial charge is 0.457 e. The van der Waals surface area contributed by atoms with Gasteiger partial charge in [0.05, 0.1) is 15.0 Å². The van der Waals surface area contributed by atoms with E-state index in [0.717, 1.165) is 29.5 Å². The molecular weight excluding hydrogens is 435 g/mol. The zero-order valence-electron chi connectivity index (χ0n) is 15.2. The van der Waals surface area contributed by atoms with Crippen molar-refractivity contribution in [2.24, 2.45) is 0 Å². The summed E-state index contributed by atoms with van der Waals surface area (Å²) in [6.07, 6.45) is 3.39. The smallest absolute Gasteiger partial charge is 0.294 e. The second kappa shape index (κ2) is 8.26. The molecule has 0 spiro atoms. The molecule has 2 aliphatic heterocycles. The summed E-state index contributed by atoms with van der Waals surface area (Å²) in [4.78, 5) is 40.0. The normalized spacial score (nSPS) is 18.3. The maximum atomic E-state index is 12.6. The van der Waals surface area contributed by atoms with Gasteiger partial charge < -0.3 is 9.32 Å². The molecule has 9 heteroatoms. The highest BCUT2D eigenvalue weighted by atomic mass is 35.5. The maximum absolute atomic E-state index is 12.6. The van der Waals surface area contributed by atoms with Crippen LogP contribution >= 0.6 is 35.0 Å². The Hall–Kier alpha value is -2.22. The summed E-state index contributed by atoms with van der Waals surface area (Å²) in [7, 11) is 0. The van der Waals surface area contributed by atoms with E-state index in [4.69, 9.17) is 27.6 Å². The van der Waals surface area contributed by atoms with Crippen LogP contribution in [-0.2, 0) is 9.59 Å². The summed E-state index contributed by atoms with van der Waals surface area (Å²) >= 11 is 13.1. The molecule has 6 nitrogen and oxygen atoms in total. The first kappa shape index (κ1) is 20.1. The Morgan fingerprint density at radius 1 is 1.14 bits per heavy atom. The lowest BCUT2D eigenvalue weighted by Gasteiger charge is -2.18. The lowest BCUT2D eigenvalue weighted by Crippen LogP contribution is -2.40. The van der Waals surface area contributed by atoms with Crippen LogP contribution in [-0.4, -0.2) is 46.5 Å². The van der Waals surface area contributed by atoms with Crippen molar-refractivity contribution >= 4 is 58.1 Å². The van der Waals surface area contributed by atoms with Gasteiger partial charge in [-0.25, -0.2) is 0 Å². The topological polar surface area (TPSA) is 70.8 Å². The number of hydrogen-bond acceptors (Lipinski definition) is 5. The molecule has 0 aliphatic carbocycles. The van der Waals surface area contributed by atoms with Crippen molar-refractivity contribution in [1.82, 2.24) is 9.80 Å². The molecule has 1 aromatic carbocycles. The fourth-order valence-electron chi connectivity index (χ4n) is 3.24. The predicted octanol–water partition coefficient (Wildman–Crippen LogP) is 4.91. The maximum Gasteiger partial charge on any atom is 0.294 e. The van der Waals surface area contributed by atoms with Gasteiger partial charge in [0.25, 0.3) is 11.1 Å². The van der Waals surface area contributed by atoms with Crippen LogP contribution in [0.4, 0.5) is 4.79 Å². The summed E-state index contributed by atoms with van der Waals surface area (Å²) in [5.74, 6) is 0.188. The van der Waals surface area contributed by atoms with Gasteiger partial charge in [0, 0.05) is 24.7 Å². The fourth-order valence-corrected chi connectivity index (χ4v) is 4.45. The molecule has 0 bridgehead atoms. The van der Waals surface area contributed by atoms with E-state index in [1.807, 2.05) is 0 Å². The number of halogens is 2. The Kier molecular flexibility index (Phi) is 5.72. The number of benzene rings is 1. The molecular formula is C20H16Cl2N2O4S. The van der Waals surface area contributed by atoms with Crippen molar-refractivity contribution in [3.63, 3.8) is 0 Å². The molecule has 3 amide bonds. The standard InChI is InChI=1S/C20H16Cl2N2O4S/c21-14-5-3-4-13(18(14)22)15-7-6-12(28-15)10-16-19(26)24(20(27)29-16)11-17(25)23-8-1-2-9-23/h3-7,10H,1-2,8-9,11H2/b16-10+. The zero-order chi connectivity index (χ0) is 20.5. The van der Waals surface area contributed by atoms with E-state index in [1.165, 1.54) is 6.08 Å². The molecule has 1 aromatic heterocycles. The second-order valence-corrected chi connectivity index (χ2v) is 8.44. The van der Waals surface area contributed by atoms with E-state index < -0.39 is 11.1 Å². The highest BCUT2D eigenvalue weighted by Crippen LogP contribution is 2.36. The van der Waals surface area contributed by atoms with Gasteiger partial charge in [-0.15, -0.1) is 0 Å². The Labute approximate surface area is 181 Å². The van der Waals surface area contributed by atoms with Crippen LogP contribution in [0.2, 0.25) is 10.0 Å². The molecule has 29 heavy (non-hydrogen) atoms. The average molecular weight is 451 g/mol. The Bertz CT molecular complexity index is 1030. The number of furan rings is 1. The highest BCUT2D eigenvalue weighted by Gasteiger charge is 2.37. The molecule has 0 atom stereocenters. The van der Waals surface area contributed by atoms with Gasteiger partial charge in [-0.05, 0) is 48.9 Å². The van der Waals surface area contributed by atoms with Crippen molar-refractivity contribution in [2.75, 3.05) is 19.6 Å². The molecule has 2 saturated heterocycles. The Balaban J connectivity index is 1.51. The van der Waals surface area contributed by atoms with Gasteiger partial charge in [0.15, 0.2) is 0 Å². The fraction of sp³-hybridized carbons (Fsp3) is 0.250. The number of hydrogen-bond donors (Lipinski definition) is 0. The first-order valence-corrected chi connectivity index (χ1v) is 10.6. The summed E-state index contributed by atoms with van der Waals surface area (Å²) < 4.78 is 5.76. The SMILES string of the molecule is O=C(CN1C(=O)S/C(=C/c2ccc(-c3cccc(Cl)c3Cl)o2)C1=O)N1CCCC1. The quantitative estimate of drug-likeness (QED) is 0.618. The van der Waals surface area contributed by atoms with E-state index >= 15 is 0 Å². The third-order valence-corrected chi connectivity index (χ3v) is 6.47. The van der Waals surface area contributed by atoms with Crippen molar-refractivity contribution < 1.29 is 18.8 Å². The molecule has 0 N–H and O–H groups in total. The number of thioether (sulfide) groups is 1. The highest BCUT2D eigenvalue weighted by molar-refractivity contribution is 8.18. The third kappa shape index (κ3) is 4.08. The van der Waals surface area contributed by atoms with Crippen LogP contribution in [0.25, 0.3) is 17.4 Å². The van der Waals surface area contributed by atoms with Crippen molar-refractivity contribution in [1.29, 1.82) is 0 Å². The van der Waals surface area contributed by atoms with Gasteiger partial charge >= 0.3 is 0 Å². The number of carbonyl (C=O) groups excluding carboxylic acids is 3. The van der Waals surface area contributed by atoms with E-state index in [9.17, 15) is 14.4 Å². The van der Waals surface area contributed by atoms with Crippen LogP contribution in [0, 0.1) is 0 Å². The minimum absolute atomic E-state index is 0.207. The van der Waals surface area contributed by atoms with Crippen molar-refractivity contribution in [3.05, 3.63) is 51.0 Å². The van der Waals surface area contributed by atoms with E-state index in [2.05, 4.69) is 0 Å². The molecule has 2 fully saturated rings. The van der Waals surface area contributed by atoms with Crippen molar-refractivity contribution in [2.45, 2.75) is 12.8 Å². The number of rotatable bonds is 4. The Morgan fingerprint density at radius 2 is 1.90 bits per heavy atom. The minimum Gasteiger partial charge on any atom is -0.457 e. The minimum atomic E-state index is -0.494. The van der Waals surface area contributed by atoms with Crippen LogP contribution < -0.4 is 0 Å². The van der Waals surface area contributed by atoms with Gasteiger partial charge in [-0.2, -0.15) is 0 Å². The van der Waals surface area contributed by atoms with Gasteiger partial charge in [0.1, 0.15) is 18.1 Å². The number of imide groups is 1. The van der Waals surface area contributed by atoms with Crippen LogP contribution in [0.3, 0.4) is 0 Å². The van der Waals surface area contributed by atoms with Gasteiger partial charge in [0.2, 0.25) is 5.91 Å². The molecule has 2 aromatic rings. The van der Waals surface area contributed by atoms with Crippen molar-refractivity contribution in [3.8, 4) is 11.3 Å². The van der Waals surface area contributed by atoms with Gasteiger partial charge in [-0.1, -0.05) is 29.3 Å². The molecule has 2 aliphatic rings. The zero-order valence-corrected chi connectivity index (χ0v) is 17.5. The second-order valence-electron chi connectivity index (χ2n) is 6.66. The number of likely N-dealkylation sites (tertiary alicyclic amines) is 1. The number of nitrogens with zero attached hydrogens (tertiary/aromatic N) is 2. The van der Waals surface area contributed by atoms with Crippen LogP contribution in [0.15, 0.2) is 39.7 Å². The summed E-state index contributed by atoms with van der Waals surface area (Å²) in [6, 6.07) is 8.60. The molecule has 3 heterocycles. The van der Waals surface area contributed by atoms with Gasteiger partial charge in [-0.3, -0.25) is 19.3 Å². The first-order chi connectivity index (χ1) is 13.9. The van der Waals surface area contributed by atoms with Crippen LogP contribution in [0.5, 0.6) is 0 Å². The number of amides is 3. The number of carbonyl (C=O) groups is 3. The lowest BCUT2D eigenvalue weighted by molar-refractivity contribution is -0.135. The Morgan fingerprint density at radius 3 is 2.66 bits per heavy atom. The molecule has 150 valence electrons. The van der Waals surface area contributed by atoms with Crippen LogP contribution in [0.1, 0.15) is 18.6 Å². The van der Waals surface area contributed by atoms with E-state index in [1.54, 1.807) is 35.2 Å². The molecule has 0 unspecified atom stereocenters. The predicted molar refractivity (Wildman–Crippen MR) is 113 cm³/mol. The molecule has 0 saturated carbocycles. The molecule has 0 radical (unpaired) electrons. The van der Waals surface area contributed by atoms with E-state index in [-0.39, 0.29) is 17.4 Å². The summed E-state index contributed by atoms with van der Waals surface area (Å²) in [5, 5.41) is 0.320. The molecule has 4 rings (SSSR count). The first-order valence-electron chi connectivity index (χ1n) is 9.01.